The first-order valence-corrected chi connectivity index (χ1v) is 15.7. The van der Waals surface area contributed by atoms with E-state index in [1.165, 1.54) is 0 Å². The highest BCUT2D eigenvalue weighted by Crippen LogP contribution is 2.33. The molecule has 1 saturated heterocycles. The minimum absolute atomic E-state index is 0.0240. The van der Waals surface area contributed by atoms with Gasteiger partial charge in [-0.3, -0.25) is 14.4 Å². The van der Waals surface area contributed by atoms with E-state index in [9.17, 15) is 9.90 Å². The smallest absolute Gasteiger partial charge is 0.300 e. The molecule has 1 aromatic rings. The molecule has 260 valence electrons. The highest BCUT2D eigenvalue weighted by Gasteiger charge is 2.37. The predicted molar refractivity (Wildman–Crippen MR) is 175 cm³/mol. The second-order valence-corrected chi connectivity index (χ2v) is 12.4. The maximum Gasteiger partial charge on any atom is 0.300 e. The Morgan fingerprint density at radius 3 is 2.22 bits per heavy atom. The Morgan fingerprint density at radius 1 is 1.09 bits per heavy atom. The van der Waals surface area contributed by atoms with Gasteiger partial charge in [0.2, 0.25) is 5.91 Å². The fourth-order valence-corrected chi connectivity index (χ4v) is 4.98. The summed E-state index contributed by atoms with van der Waals surface area (Å²) in [4.78, 5) is 30.9. The normalized spacial score (nSPS) is 16.6. The molecule has 0 saturated carbocycles. The van der Waals surface area contributed by atoms with Crippen molar-refractivity contribution in [1.82, 2.24) is 10.6 Å². The summed E-state index contributed by atoms with van der Waals surface area (Å²) < 4.78 is 16.5. The molecule has 0 bridgehead atoms. The summed E-state index contributed by atoms with van der Waals surface area (Å²) in [6.45, 7) is 13.7. The molecular weight excluding hydrogens is 582 g/mol. The summed E-state index contributed by atoms with van der Waals surface area (Å²) >= 11 is 0. The zero-order valence-corrected chi connectivity index (χ0v) is 28.6. The first-order chi connectivity index (χ1) is 21.1. The number of aliphatic hydroxyl groups is 1. The fraction of sp³-hybridized carbons (Fsp3) is 0.727. The molecule has 1 aliphatic rings. The van der Waals surface area contributed by atoms with E-state index in [4.69, 9.17) is 39.7 Å². The van der Waals surface area contributed by atoms with Crippen LogP contribution in [0.4, 0.5) is 0 Å². The molecule has 1 amide bonds. The van der Waals surface area contributed by atoms with Crippen LogP contribution in [0.2, 0.25) is 0 Å². The number of carboxylic acids is 2. The van der Waals surface area contributed by atoms with Gasteiger partial charge in [0.25, 0.3) is 11.9 Å². The minimum atomic E-state index is -0.833. The highest BCUT2D eigenvalue weighted by atomic mass is 16.5. The molecule has 1 aromatic carbocycles. The number of carbonyl (C=O) groups excluding carboxylic acids is 1. The van der Waals surface area contributed by atoms with Crippen molar-refractivity contribution in [1.29, 1.82) is 0 Å². The van der Waals surface area contributed by atoms with Crippen molar-refractivity contribution in [3.63, 3.8) is 0 Å². The number of hydrogen-bond acceptors (Lipinski definition) is 9. The fourth-order valence-electron chi connectivity index (χ4n) is 4.98. The number of benzene rings is 1. The van der Waals surface area contributed by atoms with E-state index in [0.717, 1.165) is 63.9 Å². The minimum Gasteiger partial charge on any atom is -0.493 e. The topological polar surface area (TPSA) is 190 Å². The zero-order valence-electron chi connectivity index (χ0n) is 28.6. The SMILES string of the molecule is CC(=O)O.CC(=O)O.COCCCOc1cc(C[C@@H](C[C@H](N)[C@@H](O)CNC(=O)C(C)(C)C2CCCNC2)C(C)C)ccc1OC. The lowest BCUT2D eigenvalue weighted by molar-refractivity contribution is -0.135. The number of nitrogens with two attached hydrogens (primary N) is 1. The molecule has 0 aliphatic carbocycles. The molecule has 4 atom stereocenters. The Morgan fingerprint density at radius 2 is 1.71 bits per heavy atom. The molecule has 45 heavy (non-hydrogen) atoms. The maximum absolute atomic E-state index is 12.9. The van der Waals surface area contributed by atoms with Crippen molar-refractivity contribution in [2.45, 2.75) is 85.8 Å². The monoisotopic (exact) mass is 641 g/mol. The van der Waals surface area contributed by atoms with Gasteiger partial charge in [-0.05, 0) is 74.2 Å². The molecule has 1 fully saturated rings. The van der Waals surface area contributed by atoms with Gasteiger partial charge in [-0.25, -0.2) is 0 Å². The molecule has 1 aliphatic heterocycles. The van der Waals surface area contributed by atoms with E-state index in [0.29, 0.717) is 31.3 Å². The Kier molecular flexibility index (Phi) is 21.1. The van der Waals surface area contributed by atoms with Crippen LogP contribution in [0.25, 0.3) is 0 Å². The number of aliphatic carboxylic acids is 2. The van der Waals surface area contributed by atoms with Gasteiger partial charge >= 0.3 is 0 Å². The number of methoxy groups -OCH3 is 2. The van der Waals surface area contributed by atoms with Gasteiger partial charge in [0.05, 0.1) is 19.8 Å². The number of aliphatic hydroxyl groups excluding tert-OH is 1. The average Bonchev–Trinajstić information content (AvgIpc) is 2.97. The molecule has 12 heteroatoms. The summed E-state index contributed by atoms with van der Waals surface area (Å²) in [5.74, 6) is 0.664. The molecule has 12 nitrogen and oxygen atoms in total. The summed E-state index contributed by atoms with van der Waals surface area (Å²) in [7, 11) is 3.32. The summed E-state index contributed by atoms with van der Waals surface area (Å²) in [5.41, 5.74) is 7.10. The third-order valence-corrected chi connectivity index (χ3v) is 7.86. The summed E-state index contributed by atoms with van der Waals surface area (Å²) in [6, 6.07) is 5.59. The largest absolute Gasteiger partial charge is 0.493 e. The lowest BCUT2D eigenvalue weighted by Gasteiger charge is -2.36. The van der Waals surface area contributed by atoms with E-state index >= 15 is 0 Å². The predicted octanol–water partition coefficient (Wildman–Crippen LogP) is 3.33. The number of rotatable bonds is 16. The molecule has 0 radical (unpaired) electrons. The second kappa shape index (κ2) is 22.6. The van der Waals surface area contributed by atoms with Gasteiger partial charge in [0.15, 0.2) is 11.5 Å². The highest BCUT2D eigenvalue weighted by molar-refractivity contribution is 5.82. The Labute approximate surface area is 269 Å². The molecule has 0 aromatic heterocycles. The Bertz CT molecular complexity index is 978. The van der Waals surface area contributed by atoms with Crippen LogP contribution in [0.15, 0.2) is 18.2 Å². The van der Waals surface area contributed by atoms with E-state index < -0.39 is 29.5 Å². The Balaban J connectivity index is 0.00000215. The zero-order chi connectivity index (χ0) is 34.6. The van der Waals surface area contributed by atoms with E-state index in [1.54, 1.807) is 14.2 Å². The summed E-state index contributed by atoms with van der Waals surface area (Å²) in [5, 5.41) is 32.0. The van der Waals surface area contributed by atoms with Gasteiger partial charge in [-0.2, -0.15) is 0 Å². The Hall–Kier alpha value is -2.93. The van der Waals surface area contributed by atoms with Crippen molar-refractivity contribution < 1.29 is 43.9 Å². The molecule has 1 unspecified atom stereocenters. The van der Waals surface area contributed by atoms with Crippen LogP contribution < -0.4 is 25.8 Å². The first kappa shape index (κ1) is 42.1. The molecule has 1 heterocycles. The number of hydrogen-bond donors (Lipinski definition) is 6. The van der Waals surface area contributed by atoms with Gasteiger partial charge in [-0.1, -0.05) is 33.8 Å². The van der Waals surface area contributed by atoms with Gasteiger partial charge in [-0.15, -0.1) is 0 Å². The lowest BCUT2D eigenvalue weighted by atomic mass is 9.74. The lowest BCUT2D eigenvalue weighted by Crippen LogP contribution is -2.51. The van der Waals surface area contributed by atoms with Crippen LogP contribution in [-0.2, 0) is 25.5 Å². The third-order valence-electron chi connectivity index (χ3n) is 7.86. The number of nitrogens with one attached hydrogen (secondary N) is 2. The third kappa shape index (κ3) is 18.0. The van der Waals surface area contributed by atoms with Crippen LogP contribution in [0.3, 0.4) is 0 Å². The van der Waals surface area contributed by atoms with E-state index in [-0.39, 0.29) is 24.3 Å². The van der Waals surface area contributed by atoms with Crippen LogP contribution in [0, 0.1) is 23.2 Å². The average molecular weight is 642 g/mol. The van der Waals surface area contributed by atoms with Gasteiger partial charge in [0, 0.05) is 52.0 Å². The quantitative estimate of drug-likeness (QED) is 0.145. The number of amides is 1. The van der Waals surface area contributed by atoms with Crippen molar-refractivity contribution >= 4 is 17.8 Å². The van der Waals surface area contributed by atoms with Crippen molar-refractivity contribution in [3.05, 3.63) is 23.8 Å². The van der Waals surface area contributed by atoms with Crippen molar-refractivity contribution in [3.8, 4) is 11.5 Å². The van der Waals surface area contributed by atoms with Crippen LogP contribution in [0.5, 0.6) is 11.5 Å². The number of carboxylic acid groups (broad SMARTS) is 2. The van der Waals surface area contributed by atoms with Crippen LogP contribution in [-0.4, -0.2) is 92.4 Å². The van der Waals surface area contributed by atoms with E-state index in [2.05, 4.69) is 30.5 Å². The van der Waals surface area contributed by atoms with Crippen molar-refractivity contribution in [2.75, 3.05) is 47.1 Å². The maximum atomic E-state index is 12.9. The first-order valence-electron chi connectivity index (χ1n) is 15.7. The van der Waals surface area contributed by atoms with E-state index in [1.807, 2.05) is 26.0 Å². The van der Waals surface area contributed by atoms with Crippen LogP contribution >= 0.6 is 0 Å². The number of piperidine rings is 1. The summed E-state index contributed by atoms with van der Waals surface area (Å²) in [6.07, 6.45) is 3.58. The molecule has 2 rings (SSSR count). The second-order valence-electron chi connectivity index (χ2n) is 12.4. The van der Waals surface area contributed by atoms with Gasteiger partial charge in [0.1, 0.15) is 0 Å². The molecule has 0 spiro atoms. The molecular formula is C33H59N3O9. The van der Waals surface area contributed by atoms with Crippen molar-refractivity contribution in [2.24, 2.45) is 28.9 Å². The van der Waals surface area contributed by atoms with Crippen LogP contribution in [0.1, 0.15) is 72.8 Å². The number of carbonyl (C=O) groups is 3. The molecule has 7 N–H and O–H groups in total. The van der Waals surface area contributed by atoms with Gasteiger partial charge < -0.3 is 45.9 Å². The standard InChI is InChI=1S/C29H51N3O5.2C2H4O2/c1-20(2)22(15-21-10-11-26(36-6)27(16-21)37-14-8-13-35-5)17-24(30)25(33)19-32-28(34)29(3,4)23-9-7-12-31-18-23;2*1-2(3)4/h10-11,16,20,22-25,31,33H,7-9,12-15,17-19,30H2,1-6H3,(H,32,34);2*1H3,(H,3,4)/t22-,23?,24-,25-;;/m0../s1. The number of ether oxygens (including phenoxy) is 3.